The number of amides is 1. The maximum atomic E-state index is 13.1. The fraction of sp³-hybridized carbons (Fsp3) is 0.571. The molecule has 1 amide bonds. The predicted molar refractivity (Wildman–Crippen MR) is 100 cm³/mol. The molecule has 0 bridgehead atoms. The van der Waals surface area contributed by atoms with Crippen LogP contribution in [0.25, 0.3) is 0 Å². The highest BCUT2D eigenvalue weighted by Crippen LogP contribution is 2.39. The van der Waals surface area contributed by atoms with E-state index in [1.807, 2.05) is 30.3 Å². The summed E-state index contributed by atoms with van der Waals surface area (Å²) in [5, 5.41) is 14.5. The van der Waals surface area contributed by atoms with Gasteiger partial charge < -0.3 is 15.3 Å². The van der Waals surface area contributed by atoms with E-state index in [2.05, 4.69) is 23.3 Å². The van der Waals surface area contributed by atoms with Gasteiger partial charge in [0.05, 0.1) is 0 Å². The normalized spacial score (nSPS) is 22.1. The van der Waals surface area contributed by atoms with E-state index in [4.69, 9.17) is 0 Å². The van der Waals surface area contributed by atoms with Gasteiger partial charge in [0.1, 0.15) is 0 Å². The van der Waals surface area contributed by atoms with Gasteiger partial charge in [0.15, 0.2) is 5.60 Å². The Morgan fingerprint density at radius 2 is 1.96 bits per heavy atom. The Balaban J connectivity index is 1.75. The lowest BCUT2D eigenvalue weighted by molar-refractivity contribution is -0.149. The van der Waals surface area contributed by atoms with Gasteiger partial charge in [0, 0.05) is 25.6 Å². The summed E-state index contributed by atoms with van der Waals surface area (Å²) in [6, 6.07) is 9.48. The molecular formula is C21H30N2O2. The molecule has 3 rings (SSSR count). The van der Waals surface area contributed by atoms with Crippen molar-refractivity contribution in [1.29, 1.82) is 0 Å². The first-order valence-electron chi connectivity index (χ1n) is 9.53. The smallest absolute Gasteiger partial charge is 0.257 e. The number of rotatable bonds is 5. The van der Waals surface area contributed by atoms with Gasteiger partial charge in [-0.2, -0.15) is 0 Å². The first-order valence-corrected chi connectivity index (χ1v) is 9.53. The van der Waals surface area contributed by atoms with Crippen LogP contribution in [-0.4, -0.2) is 42.6 Å². The van der Waals surface area contributed by atoms with Crippen molar-refractivity contribution in [2.75, 3.05) is 26.7 Å². The molecule has 1 unspecified atom stereocenters. The number of benzene rings is 1. The molecule has 1 aliphatic heterocycles. The third-order valence-electron chi connectivity index (χ3n) is 5.74. The van der Waals surface area contributed by atoms with E-state index in [0.717, 1.165) is 50.8 Å². The lowest BCUT2D eigenvalue weighted by atomic mass is 9.73. The Kier molecular flexibility index (Phi) is 5.92. The summed E-state index contributed by atoms with van der Waals surface area (Å²) in [4.78, 5) is 15.3. The van der Waals surface area contributed by atoms with Crippen LogP contribution in [0.5, 0.6) is 0 Å². The maximum absolute atomic E-state index is 13.1. The van der Waals surface area contributed by atoms with Crippen molar-refractivity contribution in [3.05, 3.63) is 47.5 Å². The van der Waals surface area contributed by atoms with Crippen molar-refractivity contribution in [1.82, 2.24) is 10.2 Å². The number of nitrogens with one attached hydrogen (secondary N) is 1. The van der Waals surface area contributed by atoms with Gasteiger partial charge in [-0.25, -0.2) is 0 Å². The summed E-state index contributed by atoms with van der Waals surface area (Å²) in [5.74, 6) is -0.249. The van der Waals surface area contributed by atoms with Crippen LogP contribution < -0.4 is 5.32 Å². The van der Waals surface area contributed by atoms with Crippen molar-refractivity contribution in [3.63, 3.8) is 0 Å². The molecule has 1 aromatic carbocycles. The van der Waals surface area contributed by atoms with Crippen molar-refractivity contribution in [3.8, 4) is 0 Å². The van der Waals surface area contributed by atoms with E-state index in [1.165, 1.54) is 12.0 Å². The number of carbonyl (C=O) groups excluding carboxylic acids is 1. The van der Waals surface area contributed by atoms with Crippen molar-refractivity contribution < 1.29 is 9.90 Å². The number of aliphatic hydroxyl groups is 1. The molecule has 4 nitrogen and oxygen atoms in total. The Morgan fingerprint density at radius 3 is 2.60 bits per heavy atom. The average Bonchev–Trinajstić information content (AvgIpc) is 2.68. The molecule has 2 aliphatic rings. The fourth-order valence-electron chi connectivity index (χ4n) is 4.07. The van der Waals surface area contributed by atoms with Crippen LogP contribution in [0.2, 0.25) is 0 Å². The SMILES string of the molecule is CN1CC=C(CNC(=O)C(O)(c2ccccc2)C2CCCCC2)CC1. The van der Waals surface area contributed by atoms with Gasteiger partial charge in [0.2, 0.25) is 0 Å². The summed E-state index contributed by atoms with van der Waals surface area (Å²) < 4.78 is 0. The molecule has 2 N–H and O–H groups in total. The summed E-state index contributed by atoms with van der Waals surface area (Å²) in [5.41, 5.74) is 0.551. The van der Waals surface area contributed by atoms with Gasteiger partial charge in [-0.15, -0.1) is 0 Å². The number of likely N-dealkylation sites (N-methyl/N-ethyl adjacent to an activating group) is 1. The molecule has 1 aliphatic carbocycles. The molecule has 0 aromatic heterocycles. The van der Waals surface area contributed by atoms with Crippen LogP contribution in [0.15, 0.2) is 42.0 Å². The van der Waals surface area contributed by atoms with Crippen LogP contribution in [0.3, 0.4) is 0 Å². The second kappa shape index (κ2) is 8.15. The van der Waals surface area contributed by atoms with Gasteiger partial charge in [-0.1, -0.05) is 61.2 Å². The minimum atomic E-state index is -1.42. The fourth-order valence-corrected chi connectivity index (χ4v) is 4.07. The van der Waals surface area contributed by atoms with Crippen LogP contribution in [0, 0.1) is 5.92 Å². The topological polar surface area (TPSA) is 52.6 Å². The molecule has 1 heterocycles. The minimum absolute atomic E-state index is 0.00452. The Morgan fingerprint density at radius 1 is 1.24 bits per heavy atom. The summed E-state index contributed by atoms with van der Waals surface area (Å²) in [7, 11) is 2.10. The molecule has 25 heavy (non-hydrogen) atoms. The first-order chi connectivity index (χ1) is 12.1. The predicted octanol–water partition coefficient (Wildman–Crippen LogP) is 2.83. The zero-order valence-corrected chi connectivity index (χ0v) is 15.2. The van der Waals surface area contributed by atoms with E-state index in [-0.39, 0.29) is 11.8 Å². The standard InChI is InChI=1S/C21H30N2O2/c1-23-14-12-17(13-15-23)16-22-20(24)21(25,18-8-4-2-5-9-18)19-10-6-3-7-11-19/h2,4-5,8-9,12,19,25H,3,6-7,10-11,13-16H2,1H3,(H,22,24). The van der Waals surface area contributed by atoms with E-state index in [0.29, 0.717) is 6.54 Å². The van der Waals surface area contributed by atoms with E-state index >= 15 is 0 Å². The molecule has 1 aromatic rings. The Hall–Kier alpha value is -1.65. The molecule has 0 spiro atoms. The zero-order valence-electron chi connectivity index (χ0n) is 15.2. The van der Waals surface area contributed by atoms with Crippen molar-refractivity contribution in [2.24, 2.45) is 5.92 Å². The van der Waals surface area contributed by atoms with Crippen molar-refractivity contribution >= 4 is 5.91 Å². The maximum Gasteiger partial charge on any atom is 0.257 e. The van der Waals surface area contributed by atoms with E-state index in [1.54, 1.807) is 0 Å². The van der Waals surface area contributed by atoms with Gasteiger partial charge in [-0.05, 0) is 31.9 Å². The molecule has 136 valence electrons. The molecule has 1 fully saturated rings. The molecule has 4 heteroatoms. The Labute approximate surface area is 150 Å². The summed E-state index contributed by atoms with van der Waals surface area (Å²) >= 11 is 0. The van der Waals surface area contributed by atoms with E-state index < -0.39 is 5.60 Å². The lowest BCUT2D eigenvalue weighted by Gasteiger charge is -2.37. The Bertz CT molecular complexity index is 608. The molecule has 0 radical (unpaired) electrons. The van der Waals surface area contributed by atoms with Crippen LogP contribution in [-0.2, 0) is 10.4 Å². The quantitative estimate of drug-likeness (QED) is 0.809. The second-order valence-electron chi connectivity index (χ2n) is 7.52. The van der Waals surface area contributed by atoms with Crippen LogP contribution in [0.1, 0.15) is 44.1 Å². The summed E-state index contributed by atoms with van der Waals surface area (Å²) in [6.45, 7) is 2.48. The van der Waals surface area contributed by atoms with Crippen LogP contribution >= 0.6 is 0 Å². The third kappa shape index (κ3) is 4.13. The van der Waals surface area contributed by atoms with Crippen LogP contribution in [0.4, 0.5) is 0 Å². The number of hydrogen-bond donors (Lipinski definition) is 2. The monoisotopic (exact) mass is 342 g/mol. The largest absolute Gasteiger partial charge is 0.375 e. The number of carbonyl (C=O) groups is 1. The lowest BCUT2D eigenvalue weighted by Crippen LogP contribution is -2.50. The number of hydrogen-bond acceptors (Lipinski definition) is 3. The van der Waals surface area contributed by atoms with Gasteiger partial charge in [-0.3, -0.25) is 4.79 Å². The zero-order chi connectivity index (χ0) is 17.7. The highest BCUT2D eigenvalue weighted by Gasteiger charge is 2.45. The molecule has 1 atom stereocenters. The number of nitrogens with zero attached hydrogens (tertiary/aromatic N) is 1. The average molecular weight is 342 g/mol. The first kappa shape index (κ1) is 18.2. The van der Waals surface area contributed by atoms with Crippen molar-refractivity contribution in [2.45, 2.75) is 44.1 Å². The third-order valence-corrected chi connectivity index (χ3v) is 5.74. The minimum Gasteiger partial charge on any atom is -0.375 e. The van der Waals surface area contributed by atoms with Gasteiger partial charge in [0.25, 0.3) is 5.91 Å². The summed E-state index contributed by atoms with van der Waals surface area (Å²) in [6.07, 6.45) is 8.35. The molecule has 0 saturated heterocycles. The second-order valence-corrected chi connectivity index (χ2v) is 7.52. The van der Waals surface area contributed by atoms with Gasteiger partial charge >= 0.3 is 0 Å². The highest BCUT2D eigenvalue weighted by molar-refractivity contribution is 5.87. The van der Waals surface area contributed by atoms with E-state index in [9.17, 15) is 9.90 Å². The molecule has 1 saturated carbocycles. The molecular weight excluding hydrogens is 312 g/mol. The highest BCUT2D eigenvalue weighted by atomic mass is 16.3.